The van der Waals surface area contributed by atoms with E-state index >= 15 is 0 Å². The lowest BCUT2D eigenvalue weighted by atomic mass is 10.2. The van der Waals surface area contributed by atoms with Crippen LogP contribution in [0.2, 0.25) is 0 Å². The largest absolute Gasteiger partial charge is 0.477 e. The summed E-state index contributed by atoms with van der Waals surface area (Å²) in [6.07, 6.45) is -0.619. The summed E-state index contributed by atoms with van der Waals surface area (Å²) < 4.78 is 5.07. The Labute approximate surface area is 121 Å². The summed E-state index contributed by atoms with van der Waals surface area (Å²) >= 11 is 0. The Kier molecular flexibility index (Phi) is 4.50. The van der Waals surface area contributed by atoms with Crippen LogP contribution < -0.4 is 5.32 Å². The van der Waals surface area contributed by atoms with E-state index in [1.165, 1.54) is 12.1 Å². The summed E-state index contributed by atoms with van der Waals surface area (Å²) in [5.41, 5.74) is 1.63. The zero-order valence-corrected chi connectivity index (χ0v) is 11.4. The molecule has 2 N–H and O–H groups in total. The fourth-order valence-corrected chi connectivity index (χ4v) is 1.68. The summed E-state index contributed by atoms with van der Waals surface area (Å²) in [5.74, 6) is -1.11. The zero-order chi connectivity index (χ0) is 15.2. The first-order chi connectivity index (χ1) is 10.1. The Bertz CT molecular complexity index is 656. The lowest BCUT2D eigenvalue weighted by Crippen LogP contribution is -2.15. The number of anilines is 1. The number of aromatic carboxylic acids is 1. The number of carboxylic acids is 1. The van der Waals surface area contributed by atoms with Gasteiger partial charge in [-0.05, 0) is 24.6 Å². The van der Waals surface area contributed by atoms with E-state index < -0.39 is 12.1 Å². The van der Waals surface area contributed by atoms with Crippen LogP contribution in [0.3, 0.4) is 0 Å². The first-order valence-corrected chi connectivity index (χ1v) is 6.25. The number of ether oxygens (including phenoxy) is 1. The highest BCUT2D eigenvalue weighted by Crippen LogP contribution is 2.13. The van der Waals surface area contributed by atoms with Crippen molar-refractivity contribution in [2.24, 2.45) is 0 Å². The van der Waals surface area contributed by atoms with Crippen LogP contribution in [0.25, 0.3) is 0 Å². The van der Waals surface area contributed by atoms with Crippen molar-refractivity contribution in [3.8, 4) is 0 Å². The molecule has 2 aromatic rings. The predicted molar refractivity (Wildman–Crippen MR) is 76.2 cm³/mol. The molecular weight excluding hydrogens is 272 g/mol. The average Bonchev–Trinajstić information content (AvgIpc) is 2.48. The van der Waals surface area contributed by atoms with Crippen LogP contribution in [0.4, 0.5) is 10.5 Å². The molecule has 0 aliphatic carbocycles. The van der Waals surface area contributed by atoms with Crippen molar-refractivity contribution in [3.63, 3.8) is 0 Å². The van der Waals surface area contributed by atoms with Gasteiger partial charge in [0.2, 0.25) is 0 Å². The molecule has 0 unspecified atom stereocenters. The first kappa shape index (κ1) is 14.5. The minimum absolute atomic E-state index is 0.0734. The molecule has 6 nitrogen and oxygen atoms in total. The minimum atomic E-state index is -1.11. The first-order valence-electron chi connectivity index (χ1n) is 6.25. The smallest absolute Gasteiger partial charge is 0.412 e. The molecule has 0 atom stereocenters. The maximum Gasteiger partial charge on any atom is 0.412 e. The zero-order valence-electron chi connectivity index (χ0n) is 11.4. The second kappa shape index (κ2) is 6.51. The van der Waals surface area contributed by atoms with Crippen LogP contribution in [0.15, 0.2) is 42.5 Å². The standard InChI is InChI=1S/C15H14N2O4/c1-10-12(7-8-13(16-10)14(18)19)17-15(20)21-9-11-5-3-2-4-6-11/h2-8H,9H2,1H3,(H,17,20)(H,18,19). The molecule has 1 heterocycles. The van der Waals surface area contributed by atoms with Gasteiger partial charge in [-0.3, -0.25) is 5.32 Å². The van der Waals surface area contributed by atoms with E-state index in [2.05, 4.69) is 10.3 Å². The number of nitrogens with one attached hydrogen (secondary N) is 1. The van der Waals surface area contributed by atoms with Crippen molar-refractivity contribution < 1.29 is 19.4 Å². The van der Waals surface area contributed by atoms with E-state index in [0.29, 0.717) is 11.4 Å². The van der Waals surface area contributed by atoms with Crippen molar-refractivity contribution in [2.45, 2.75) is 13.5 Å². The number of rotatable bonds is 4. The molecule has 1 aromatic heterocycles. The number of benzene rings is 1. The van der Waals surface area contributed by atoms with Gasteiger partial charge in [0.1, 0.15) is 12.3 Å². The summed E-state index contributed by atoms with van der Waals surface area (Å²) in [6, 6.07) is 12.1. The van der Waals surface area contributed by atoms with E-state index in [4.69, 9.17) is 9.84 Å². The van der Waals surface area contributed by atoms with Crippen molar-refractivity contribution in [1.29, 1.82) is 0 Å². The Morgan fingerprint density at radius 2 is 1.90 bits per heavy atom. The number of carboxylic acid groups (broad SMARTS) is 1. The second-order valence-corrected chi connectivity index (χ2v) is 4.32. The normalized spacial score (nSPS) is 9.95. The molecule has 21 heavy (non-hydrogen) atoms. The average molecular weight is 286 g/mol. The SMILES string of the molecule is Cc1nc(C(=O)O)ccc1NC(=O)OCc1ccccc1. The molecule has 1 aromatic carbocycles. The van der Waals surface area contributed by atoms with Gasteiger partial charge in [0.05, 0.1) is 11.4 Å². The molecule has 0 bridgehead atoms. The second-order valence-electron chi connectivity index (χ2n) is 4.32. The molecule has 2 rings (SSSR count). The number of hydrogen-bond acceptors (Lipinski definition) is 4. The highest BCUT2D eigenvalue weighted by atomic mass is 16.5. The third-order valence-corrected chi connectivity index (χ3v) is 2.75. The molecule has 0 saturated carbocycles. The number of carbonyl (C=O) groups excluding carboxylic acids is 1. The van der Waals surface area contributed by atoms with Crippen LogP contribution in [0.5, 0.6) is 0 Å². The quantitative estimate of drug-likeness (QED) is 0.902. The summed E-state index contributed by atoms with van der Waals surface area (Å²) in [6.45, 7) is 1.77. The molecule has 0 spiro atoms. The van der Waals surface area contributed by atoms with Gasteiger partial charge in [-0.15, -0.1) is 0 Å². The Balaban J connectivity index is 1.95. The number of aromatic nitrogens is 1. The van der Waals surface area contributed by atoms with Crippen molar-refractivity contribution >= 4 is 17.7 Å². The summed E-state index contributed by atoms with van der Waals surface area (Å²) in [5, 5.41) is 11.3. The van der Waals surface area contributed by atoms with E-state index in [1.807, 2.05) is 30.3 Å². The number of nitrogens with zero attached hydrogens (tertiary/aromatic N) is 1. The van der Waals surface area contributed by atoms with Crippen molar-refractivity contribution in [2.75, 3.05) is 5.32 Å². The third-order valence-electron chi connectivity index (χ3n) is 2.75. The van der Waals surface area contributed by atoms with Crippen molar-refractivity contribution in [1.82, 2.24) is 4.98 Å². The topological polar surface area (TPSA) is 88.5 Å². The van der Waals surface area contributed by atoms with Crippen LogP contribution in [-0.2, 0) is 11.3 Å². The molecule has 0 fully saturated rings. The monoisotopic (exact) mass is 286 g/mol. The predicted octanol–water partition coefficient (Wildman–Crippen LogP) is 2.84. The molecule has 0 saturated heterocycles. The third kappa shape index (κ3) is 4.04. The van der Waals surface area contributed by atoms with Gasteiger partial charge in [-0.2, -0.15) is 0 Å². The Morgan fingerprint density at radius 1 is 1.19 bits per heavy atom. The van der Waals surface area contributed by atoms with Gasteiger partial charge in [-0.25, -0.2) is 14.6 Å². The number of aryl methyl sites for hydroxylation is 1. The van der Waals surface area contributed by atoms with Crippen LogP contribution in [0.1, 0.15) is 21.7 Å². The number of carbonyl (C=O) groups is 2. The van der Waals surface area contributed by atoms with Crippen LogP contribution >= 0.6 is 0 Å². The van der Waals surface area contributed by atoms with Gasteiger partial charge in [0.25, 0.3) is 0 Å². The lowest BCUT2D eigenvalue weighted by molar-refractivity contribution is 0.0690. The van der Waals surface area contributed by atoms with Crippen LogP contribution in [-0.4, -0.2) is 22.2 Å². The Morgan fingerprint density at radius 3 is 2.52 bits per heavy atom. The van der Waals surface area contributed by atoms with Gasteiger partial charge in [-0.1, -0.05) is 30.3 Å². The van der Waals surface area contributed by atoms with Gasteiger partial charge in [0.15, 0.2) is 0 Å². The van der Waals surface area contributed by atoms with E-state index in [0.717, 1.165) is 5.56 Å². The minimum Gasteiger partial charge on any atom is -0.477 e. The van der Waals surface area contributed by atoms with Crippen molar-refractivity contribution in [3.05, 3.63) is 59.4 Å². The van der Waals surface area contributed by atoms with Crippen LogP contribution in [0, 0.1) is 6.92 Å². The van der Waals surface area contributed by atoms with Gasteiger partial charge >= 0.3 is 12.1 Å². The molecule has 0 aliphatic rings. The molecular formula is C15H14N2O4. The fourth-order valence-electron chi connectivity index (χ4n) is 1.68. The van der Waals surface area contributed by atoms with Gasteiger partial charge in [0, 0.05) is 0 Å². The summed E-state index contributed by atoms with van der Waals surface area (Å²) in [7, 11) is 0. The maximum absolute atomic E-state index is 11.7. The Hall–Kier alpha value is -2.89. The fraction of sp³-hybridized carbons (Fsp3) is 0.133. The molecule has 6 heteroatoms. The summed E-state index contributed by atoms with van der Waals surface area (Å²) in [4.78, 5) is 26.3. The van der Waals surface area contributed by atoms with E-state index in [-0.39, 0.29) is 12.3 Å². The molecule has 0 radical (unpaired) electrons. The molecule has 0 aliphatic heterocycles. The van der Waals surface area contributed by atoms with E-state index in [9.17, 15) is 9.59 Å². The number of pyridine rings is 1. The number of hydrogen-bond donors (Lipinski definition) is 2. The highest BCUT2D eigenvalue weighted by molar-refractivity contribution is 5.88. The molecule has 108 valence electrons. The maximum atomic E-state index is 11.7. The highest BCUT2D eigenvalue weighted by Gasteiger charge is 2.10. The molecule has 1 amide bonds. The number of amides is 1. The lowest BCUT2D eigenvalue weighted by Gasteiger charge is -2.09. The van der Waals surface area contributed by atoms with Gasteiger partial charge < -0.3 is 9.84 Å². The van der Waals surface area contributed by atoms with E-state index in [1.54, 1.807) is 6.92 Å².